The topological polar surface area (TPSA) is 64.3 Å². The number of amides is 1. The van der Waals surface area contributed by atoms with Crippen LogP contribution >= 0.6 is 23.2 Å². The lowest BCUT2D eigenvalue weighted by molar-refractivity contribution is 0.102. The van der Waals surface area contributed by atoms with E-state index in [2.05, 4.69) is 5.32 Å². The van der Waals surface area contributed by atoms with Crippen LogP contribution in [0.4, 0.5) is 11.4 Å². The predicted octanol–water partition coefficient (Wildman–Crippen LogP) is 3.84. The number of nitrogens with two attached hydrogens (primary N) is 1. The van der Waals surface area contributed by atoms with Crippen molar-refractivity contribution in [2.24, 2.45) is 0 Å². The molecule has 0 radical (unpaired) electrons. The van der Waals surface area contributed by atoms with Crippen molar-refractivity contribution in [1.82, 2.24) is 0 Å². The molecule has 0 fully saturated rings. The fraction of sp³-hybridized carbons (Fsp3) is 0.0714. The molecule has 0 aliphatic heterocycles. The number of halogens is 2. The second kappa shape index (κ2) is 6.03. The van der Waals surface area contributed by atoms with E-state index in [-0.39, 0.29) is 11.5 Å². The molecule has 0 saturated heterocycles. The van der Waals surface area contributed by atoms with Crippen molar-refractivity contribution in [3.63, 3.8) is 0 Å². The van der Waals surface area contributed by atoms with E-state index in [1.54, 1.807) is 30.3 Å². The maximum atomic E-state index is 12.2. The zero-order valence-corrected chi connectivity index (χ0v) is 12.1. The van der Waals surface area contributed by atoms with E-state index in [0.29, 0.717) is 27.2 Å². The van der Waals surface area contributed by atoms with Crippen LogP contribution < -0.4 is 15.8 Å². The lowest BCUT2D eigenvalue weighted by Crippen LogP contribution is -2.13. The maximum Gasteiger partial charge on any atom is 0.257 e. The summed E-state index contributed by atoms with van der Waals surface area (Å²) in [4.78, 5) is 12.2. The van der Waals surface area contributed by atoms with Crippen molar-refractivity contribution in [2.45, 2.75) is 0 Å². The smallest absolute Gasteiger partial charge is 0.257 e. The van der Waals surface area contributed by atoms with Crippen molar-refractivity contribution in [1.29, 1.82) is 0 Å². The van der Waals surface area contributed by atoms with E-state index in [9.17, 15) is 4.79 Å². The number of nitrogen functional groups attached to an aromatic ring is 1. The first-order chi connectivity index (χ1) is 9.51. The van der Waals surface area contributed by atoms with Gasteiger partial charge >= 0.3 is 0 Å². The van der Waals surface area contributed by atoms with E-state index < -0.39 is 0 Å². The van der Waals surface area contributed by atoms with E-state index >= 15 is 0 Å². The second-order valence-corrected chi connectivity index (χ2v) is 4.88. The number of benzene rings is 2. The molecular weight excluding hydrogens is 299 g/mol. The minimum Gasteiger partial charge on any atom is -0.495 e. The number of methoxy groups -OCH3 is 1. The number of carbonyl (C=O) groups is 1. The summed E-state index contributed by atoms with van der Waals surface area (Å²) in [5.41, 5.74) is 6.86. The number of nitrogens with one attached hydrogen (secondary N) is 1. The van der Waals surface area contributed by atoms with Crippen LogP contribution in [0.5, 0.6) is 5.75 Å². The van der Waals surface area contributed by atoms with E-state index in [1.165, 1.54) is 13.2 Å². The normalized spacial score (nSPS) is 10.2. The van der Waals surface area contributed by atoms with Crippen molar-refractivity contribution in [3.8, 4) is 5.75 Å². The Morgan fingerprint density at radius 2 is 1.95 bits per heavy atom. The first-order valence-electron chi connectivity index (χ1n) is 5.71. The highest BCUT2D eigenvalue weighted by Crippen LogP contribution is 2.29. The molecule has 104 valence electrons. The van der Waals surface area contributed by atoms with Crippen LogP contribution in [0.3, 0.4) is 0 Å². The lowest BCUT2D eigenvalue weighted by atomic mass is 10.2. The summed E-state index contributed by atoms with van der Waals surface area (Å²) in [7, 11) is 1.51. The van der Waals surface area contributed by atoms with Gasteiger partial charge in [0.15, 0.2) is 0 Å². The standard InChI is InChI=1S/C14H12Cl2N2O2/c1-20-13-5-2-8(15)6-12(13)18-14(19)10-7-9(17)3-4-11(10)16/h2-7H,17H2,1H3,(H,18,19). The van der Waals surface area contributed by atoms with Gasteiger partial charge < -0.3 is 15.8 Å². The predicted molar refractivity (Wildman–Crippen MR) is 81.8 cm³/mol. The summed E-state index contributed by atoms with van der Waals surface area (Å²) in [6, 6.07) is 9.63. The number of rotatable bonds is 3. The van der Waals surface area contributed by atoms with E-state index in [0.717, 1.165) is 0 Å². The van der Waals surface area contributed by atoms with Gasteiger partial charge in [0, 0.05) is 10.7 Å². The van der Waals surface area contributed by atoms with Crippen molar-refractivity contribution in [2.75, 3.05) is 18.2 Å². The third-order valence-electron chi connectivity index (χ3n) is 2.64. The summed E-state index contributed by atoms with van der Waals surface area (Å²) >= 11 is 11.9. The monoisotopic (exact) mass is 310 g/mol. The van der Waals surface area contributed by atoms with Gasteiger partial charge in [-0.3, -0.25) is 4.79 Å². The number of ether oxygens (including phenoxy) is 1. The number of hydrogen-bond acceptors (Lipinski definition) is 3. The van der Waals surface area contributed by atoms with Crippen LogP contribution in [0.15, 0.2) is 36.4 Å². The van der Waals surface area contributed by atoms with Gasteiger partial charge in [-0.15, -0.1) is 0 Å². The Morgan fingerprint density at radius 3 is 2.65 bits per heavy atom. The van der Waals surface area contributed by atoms with Crippen LogP contribution in [0.25, 0.3) is 0 Å². The Balaban J connectivity index is 2.32. The molecule has 2 aromatic carbocycles. The maximum absolute atomic E-state index is 12.2. The Bertz CT molecular complexity index is 660. The molecule has 0 atom stereocenters. The summed E-state index contributed by atoms with van der Waals surface area (Å²) in [6.45, 7) is 0. The van der Waals surface area contributed by atoms with Crippen LogP contribution in [0, 0.1) is 0 Å². The average molecular weight is 311 g/mol. The molecule has 0 spiro atoms. The summed E-state index contributed by atoms with van der Waals surface area (Å²) < 4.78 is 5.16. The van der Waals surface area contributed by atoms with Crippen molar-refractivity contribution < 1.29 is 9.53 Å². The quantitative estimate of drug-likeness (QED) is 0.847. The van der Waals surface area contributed by atoms with Gasteiger partial charge in [-0.25, -0.2) is 0 Å². The molecule has 6 heteroatoms. The summed E-state index contributed by atoms with van der Waals surface area (Å²) in [6.07, 6.45) is 0. The molecule has 20 heavy (non-hydrogen) atoms. The second-order valence-electron chi connectivity index (χ2n) is 4.04. The van der Waals surface area contributed by atoms with Crippen molar-refractivity contribution in [3.05, 3.63) is 52.0 Å². The van der Waals surface area contributed by atoms with Gasteiger partial charge in [-0.1, -0.05) is 23.2 Å². The van der Waals surface area contributed by atoms with Gasteiger partial charge in [-0.05, 0) is 36.4 Å². The Labute approximate surface area is 126 Å². The molecule has 0 aliphatic carbocycles. The minimum atomic E-state index is -0.386. The fourth-order valence-electron chi connectivity index (χ4n) is 1.68. The Hall–Kier alpha value is -1.91. The molecular formula is C14H12Cl2N2O2. The Morgan fingerprint density at radius 1 is 1.20 bits per heavy atom. The first kappa shape index (κ1) is 14.5. The number of anilines is 2. The molecule has 0 aromatic heterocycles. The van der Waals surface area contributed by atoms with Crippen LogP contribution in [-0.4, -0.2) is 13.0 Å². The van der Waals surface area contributed by atoms with Gasteiger partial charge in [0.05, 0.1) is 23.4 Å². The average Bonchev–Trinajstić information content (AvgIpc) is 2.41. The molecule has 0 heterocycles. The summed E-state index contributed by atoms with van der Waals surface area (Å²) in [5.74, 6) is 0.116. The highest BCUT2D eigenvalue weighted by molar-refractivity contribution is 6.34. The van der Waals surface area contributed by atoms with Gasteiger partial charge in [0.2, 0.25) is 0 Å². The van der Waals surface area contributed by atoms with Gasteiger partial charge in [0.1, 0.15) is 5.75 Å². The molecule has 2 aromatic rings. The first-order valence-corrected chi connectivity index (χ1v) is 6.47. The lowest BCUT2D eigenvalue weighted by Gasteiger charge is -2.11. The highest BCUT2D eigenvalue weighted by Gasteiger charge is 2.13. The number of hydrogen-bond donors (Lipinski definition) is 2. The van der Waals surface area contributed by atoms with Gasteiger partial charge in [-0.2, -0.15) is 0 Å². The fourth-order valence-corrected chi connectivity index (χ4v) is 2.06. The highest BCUT2D eigenvalue weighted by atomic mass is 35.5. The van der Waals surface area contributed by atoms with Crippen LogP contribution in [0.2, 0.25) is 10.0 Å². The molecule has 1 amide bonds. The minimum absolute atomic E-state index is 0.286. The van der Waals surface area contributed by atoms with Crippen LogP contribution in [-0.2, 0) is 0 Å². The number of carbonyl (C=O) groups excluding carboxylic acids is 1. The zero-order chi connectivity index (χ0) is 14.7. The molecule has 0 saturated carbocycles. The molecule has 0 aliphatic rings. The van der Waals surface area contributed by atoms with E-state index in [1.807, 2.05) is 0 Å². The SMILES string of the molecule is COc1ccc(Cl)cc1NC(=O)c1cc(N)ccc1Cl. The van der Waals surface area contributed by atoms with Crippen LogP contribution in [0.1, 0.15) is 10.4 Å². The van der Waals surface area contributed by atoms with E-state index in [4.69, 9.17) is 33.7 Å². The summed E-state index contributed by atoms with van der Waals surface area (Å²) in [5, 5.41) is 3.50. The Kier molecular flexibility index (Phi) is 4.37. The third kappa shape index (κ3) is 3.15. The van der Waals surface area contributed by atoms with Crippen molar-refractivity contribution >= 4 is 40.5 Å². The molecule has 0 unspecified atom stereocenters. The molecule has 4 nitrogen and oxygen atoms in total. The molecule has 2 rings (SSSR count). The van der Waals surface area contributed by atoms with Gasteiger partial charge in [0.25, 0.3) is 5.91 Å². The largest absolute Gasteiger partial charge is 0.495 e. The molecule has 0 bridgehead atoms. The zero-order valence-electron chi connectivity index (χ0n) is 10.6. The third-order valence-corrected chi connectivity index (χ3v) is 3.21. The molecule has 3 N–H and O–H groups in total.